The molecule has 1 amide bonds. The Hall–Kier alpha value is -2.08. The Labute approximate surface area is 118 Å². The van der Waals surface area contributed by atoms with E-state index in [2.05, 4.69) is 26.2 Å². The molecule has 0 aliphatic carbocycles. The summed E-state index contributed by atoms with van der Waals surface area (Å²) in [7, 11) is 1.52. The van der Waals surface area contributed by atoms with Gasteiger partial charge in [0.25, 0.3) is 5.91 Å². The van der Waals surface area contributed by atoms with Crippen LogP contribution in [0.3, 0.4) is 0 Å². The van der Waals surface area contributed by atoms with Crippen LogP contribution in [-0.2, 0) is 0 Å². The Bertz CT molecular complexity index is 617. The Morgan fingerprint density at radius 3 is 2.89 bits per heavy atom. The first-order valence-corrected chi connectivity index (χ1v) is 6.25. The molecule has 0 saturated heterocycles. The fourth-order valence-electron chi connectivity index (χ4n) is 1.54. The van der Waals surface area contributed by atoms with Gasteiger partial charge in [-0.3, -0.25) is 9.78 Å². The van der Waals surface area contributed by atoms with Gasteiger partial charge in [0, 0.05) is 29.7 Å². The largest absolute Gasteiger partial charge is 0.497 e. The van der Waals surface area contributed by atoms with Crippen LogP contribution in [0.4, 0.5) is 11.4 Å². The zero-order chi connectivity index (χ0) is 13.8. The summed E-state index contributed by atoms with van der Waals surface area (Å²) < 4.78 is 5.79. The van der Waals surface area contributed by atoms with Crippen LogP contribution in [0.2, 0.25) is 0 Å². The number of methoxy groups -OCH3 is 1. The lowest BCUT2D eigenvalue weighted by Gasteiger charge is -2.09. The molecule has 0 saturated carbocycles. The Morgan fingerprint density at radius 2 is 2.21 bits per heavy atom. The second-order valence-corrected chi connectivity index (χ2v) is 4.66. The third kappa shape index (κ3) is 3.23. The highest BCUT2D eigenvalue weighted by molar-refractivity contribution is 9.10. The molecule has 2 rings (SSSR count). The second-order valence-electron chi connectivity index (χ2n) is 3.80. The van der Waals surface area contributed by atoms with Gasteiger partial charge >= 0.3 is 0 Å². The van der Waals surface area contributed by atoms with Gasteiger partial charge < -0.3 is 15.8 Å². The first kappa shape index (κ1) is 13.4. The van der Waals surface area contributed by atoms with E-state index in [-0.39, 0.29) is 5.91 Å². The highest BCUT2D eigenvalue weighted by Crippen LogP contribution is 2.23. The molecule has 5 nitrogen and oxygen atoms in total. The summed E-state index contributed by atoms with van der Waals surface area (Å²) in [5, 5.41) is 2.77. The second kappa shape index (κ2) is 5.71. The molecule has 1 aromatic heterocycles. The molecule has 0 fully saturated rings. The van der Waals surface area contributed by atoms with Crippen molar-refractivity contribution in [3.8, 4) is 5.75 Å². The van der Waals surface area contributed by atoms with E-state index in [1.807, 2.05) is 0 Å². The fraction of sp³-hybridized carbons (Fsp3) is 0.0769. The molecule has 98 valence electrons. The van der Waals surface area contributed by atoms with Crippen LogP contribution in [0, 0.1) is 0 Å². The number of carbonyl (C=O) groups excluding carboxylic acids is 1. The maximum Gasteiger partial charge on any atom is 0.255 e. The van der Waals surface area contributed by atoms with Gasteiger partial charge in [-0.2, -0.15) is 0 Å². The molecule has 0 aliphatic heterocycles. The van der Waals surface area contributed by atoms with Gasteiger partial charge in [0.15, 0.2) is 0 Å². The van der Waals surface area contributed by atoms with Gasteiger partial charge in [-0.15, -0.1) is 0 Å². The van der Waals surface area contributed by atoms with Gasteiger partial charge in [-0.1, -0.05) is 0 Å². The third-order valence-corrected chi connectivity index (χ3v) is 3.08. The summed E-state index contributed by atoms with van der Waals surface area (Å²) in [5.74, 6) is 0.274. The van der Waals surface area contributed by atoms with E-state index in [0.29, 0.717) is 27.2 Å². The SMILES string of the molecule is COc1cc(N)cc(C(=O)Nc2ccncc2Br)c1. The number of nitrogens with zero attached hydrogens (tertiary/aromatic N) is 1. The van der Waals surface area contributed by atoms with Crippen molar-refractivity contribution >= 4 is 33.2 Å². The van der Waals surface area contributed by atoms with E-state index in [1.54, 1.807) is 36.7 Å². The van der Waals surface area contributed by atoms with Crippen molar-refractivity contribution in [1.82, 2.24) is 4.98 Å². The van der Waals surface area contributed by atoms with E-state index in [1.165, 1.54) is 7.11 Å². The highest BCUT2D eigenvalue weighted by Gasteiger charge is 2.10. The summed E-state index contributed by atoms with van der Waals surface area (Å²) in [6.07, 6.45) is 3.20. The highest BCUT2D eigenvalue weighted by atomic mass is 79.9. The molecule has 0 bridgehead atoms. The number of rotatable bonds is 3. The number of hydrogen-bond donors (Lipinski definition) is 2. The molecule has 1 heterocycles. The number of aromatic nitrogens is 1. The van der Waals surface area contributed by atoms with Crippen molar-refractivity contribution in [2.24, 2.45) is 0 Å². The lowest BCUT2D eigenvalue weighted by molar-refractivity contribution is 0.102. The standard InChI is InChI=1S/C13H12BrN3O2/c1-19-10-5-8(4-9(15)6-10)13(18)17-12-2-3-16-7-11(12)14/h2-7H,15H2,1H3,(H,16,17,18). The fourth-order valence-corrected chi connectivity index (χ4v) is 1.89. The van der Waals surface area contributed by atoms with Gasteiger partial charge in [0.05, 0.1) is 17.3 Å². The molecule has 0 spiro atoms. The number of benzene rings is 1. The monoisotopic (exact) mass is 321 g/mol. The zero-order valence-electron chi connectivity index (χ0n) is 10.2. The van der Waals surface area contributed by atoms with Crippen LogP contribution in [0.5, 0.6) is 5.75 Å². The Morgan fingerprint density at radius 1 is 1.42 bits per heavy atom. The molecule has 2 aromatic rings. The normalized spacial score (nSPS) is 10.0. The summed E-state index contributed by atoms with van der Waals surface area (Å²) >= 11 is 3.31. The zero-order valence-corrected chi connectivity index (χ0v) is 11.8. The minimum atomic E-state index is -0.266. The van der Waals surface area contributed by atoms with Crippen molar-refractivity contribution in [3.63, 3.8) is 0 Å². The van der Waals surface area contributed by atoms with Crippen LogP contribution >= 0.6 is 15.9 Å². The number of nitrogens with two attached hydrogens (primary N) is 1. The number of anilines is 2. The van der Waals surface area contributed by atoms with E-state index >= 15 is 0 Å². The van der Waals surface area contributed by atoms with Crippen molar-refractivity contribution < 1.29 is 9.53 Å². The average Bonchev–Trinajstić information content (AvgIpc) is 2.40. The van der Waals surface area contributed by atoms with E-state index in [9.17, 15) is 4.79 Å². The van der Waals surface area contributed by atoms with Crippen LogP contribution in [0.25, 0.3) is 0 Å². The van der Waals surface area contributed by atoms with E-state index < -0.39 is 0 Å². The maximum atomic E-state index is 12.1. The predicted molar refractivity (Wildman–Crippen MR) is 77.3 cm³/mol. The molecular formula is C13H12BrN3O2. The quantitative estimate of drug-likeness (QED) is 0.852. The maximum absolute atomic E-state index is 12.1. The molecule has 1 aromatic carbocycles. The molecular weight excluding hydrogens is 310 g/mol. The molecule has 19 heavy (non-hydrogen) atoms. The molecule has 0 atom stereocenters. The number of carbonyl (C=O) groups is 1. The third-order valence-electron chi connectivity index (χ3n) is 2.45. The summed E-state index contributed by atoms with van der Waals surface area (Å²) in [4.78, 5) is 16.1. The number of ether oxygens (including phenoxy) is 1. The van der Waals surface area contributed by atoms with Crippen LogP contribution in [-0.4, -0.2) is 18.0 Å². The lowest BCUT2D eigenvalue weighted by atomic mass is 10.1. The smallest absolute Gasteiger partial charge is 0.255 e. The molecule has 0 unspecified atom stereocenters. The minimum Gasteiger partial charge on any atom is -0.497 e. The van der Waals surface area contributed by atoms with Gasteiger partial charge in [0.2, 0.25) is 0 Å². The van der Waals surface area contributed by atoms with Gasteiger partial charge in [-0.25, -0.2) is 0 Å². The Balaban J connectivity index is 2.25. The number of nitrogens with one attached hydrogen (secondary N) is 1. The number of halogens is 1. The van der Waals surface area contributed by atoms with Crippen LogP contribution in [0.1, 0.15) is 10.4 Å². The first-order chi connectivity index (χ1) is 9.10. The van der Waals surface area contributed by atoms with Crippen molar-refractivity contribution in [3.05, 3.63) is 46.7 Å². The summed E-state index contributed by atoms with van der Waals surface area (Å²) in [6.45, 7) is 0. The van der Waals surface area contributed by atoms with E-state index in [0.717, 1.165) is 0 Å². The lowest BCUT2D eigenvalue weighted by Crippen LogP contribution is -2.13. The Kier molecular flexibility index (Phi) is 4.01. The number of hydrogen-bond acceptors (Lipinski definition) is 4. The summed E-state index contributed by atoms with van der Waals surface area (Å²) in [5.41, 5.74) is 7.26. The van der Waals surface area contributed by atoms with E-state index in [4.69, 9.17) is 10.5 Å². The summed E-state index contributed by atoms with van der Waals surface area (Å²) in [6, 6.07) is 6.57. The molecule has 6 heteroatoms. The number of pyridine rings is 1. The number of nitrogen functional groups attached to an aromatic ring is 1. The average molecular weight is 322 g/mol. The van der Waals surface area contributed by atoms with Crippen molar-refractivity contribution in [2.45, 2.75) is 0 Å². The molecule has 0 aliphatic rings. The topological polar surface area (TPSA) is 77.2 Å². The van der Waals surface area contributed by atoms with Crippen molar-refractivity contribution in [2.75, 3.05) is 18.2 Å². The van der Waals surface area contributed by atoms with Crippen LogP contribution in [0.15, 0.2) is 41.1 Å². The minimum absolute atomic E-state index is 0.266. The van der Waals surface area contributed by atoms with Gasteiger partial charge in [-0.05, 0) is 34.1 Å². The molecule has 0 radical (unpaired) electrons. The predicted octanol–water partition coefficient (Wildman–Crippen LogP) is 2.69. The molecule has 3 N–H and O–H groups in total. The van der Waals surface area contributed by atoms with Gasteiger partial charge in [0.1, 0.15) is 5.75 Å². The van der Waals surface area contributed by atoms with Crippen molar-refractivity contribution in [1.29, 1.82) is 0 Å². The number of amides is 1. The van der Waals surface area contributed by atoms with Crippen LogP contribution < -0.4 is 15.8 Å². The first-order valence-electron chi connectivity index (χ1n) is 5.45.